The van der Waals surface area contributed by atoms with Gasteiger partial charge in [-0.1, -0.05) is 26.0 Å². The molecular weight excluding hydrogens is 334 g/mol. The van der Waals surface area contributed by atoms with Crippen molar-refractivity contribution in [3.8, 4) is 0 Å². The summed E-state index contributed by atoms with van der Waals surface area (Å²) in [6, 6.07) is 12.7. The first-order valence-corrected chi connectivity index (χ1v) is 7.99. The number of anilines is 2. The topological polar surface area (TPSA) is 101 Å². The number of nitro benzene ring substituents is 1. The van der Waals surface area contributed by atoms with Crippen LogP contribution < -0.4 is 10.6 Å². The van der Waals surface area contributed by atoms with Gasteiger partial charge in [-0.15, -0.1) is 0 Å². The molecule has 0 aliphatic carbocycles. The molecule has 2 N–H and O–H groups in total. The molecule has 0 aliphatic heterocycles. The molecule has 0 spiro atoms. The predicted molar refractivity (Wildman–Crippen MR) is 101 cm³/mol. The van der Waals surface area contributed by atoms with Crippen LogP contribution in [0.15, 0.2) is 54.6 Å². The van der Waals surface area contributed by atoms with Crippen LogP contribution in [0.2, 0.25) is 0 Å². The predicted octanol–water partition coefficient (Wildman–Crippen LogP) is 3.84. The van der Waals surface area contributed by atoms with Crippen LogP contribution in [0.4, 0.5) is 17.1 Å². The van der Waals surface area contributed by atoms with Crippen LogP contribution in [-0.2, 0) is 9.59 Å². The first-order chi connectivity index (χ1) is 12.3. The quantitative estimate of drug-likeness (QED) is 0.468. The van der Waals surface area contributed by atoms with Crippen molar-refractivity contribution >= 4 is 35.0 Å². The normalized spacial score (nSPS) is 10.7. The molecule has 0 radical (unpaired) electrons. The third-order valence-electron chi connectivity index (χ3n) is 3.45. The molecule has 2 aromatic carbocycles. The summed E-state index contributed by atoms with van der Waals surface area (Å²) >= 11 is 0. The largest absolute Gasteiger partial charge is 0.326 e. The van der Waals surface area contributed by atoms with Crippen molar-refractivity contribution in [1.29, 1.82) is 0 Å². The molecule has 0 unspecified atom stereocenters. The van der Waals surface area contributed by atoms with Gasteiger partial charge in [-0.25, -0.2) is 0 Å². The number of nitrogens with zero attached hydrogens (tertiary/aromatic N) is 1. The number of carbonyl (C=O) groups excluding carboxylic acids is 2. The maximum atomic E-state index is 12.0. The van der Waals surface area contributed by atoms with E-state index in [1.54, 1.807) is 50.2 Å². The third kappa shape index (κ3) is 5.55. The fourth-order valence-electron chi connectivity index (χ4n) is 2.02. The zero-order valence-electron chi connectivity index (χ0n) is 14.4. The lowest BCUT2D eigenvalue weighted by Crippen LogP contribution is -2.17. The van der Waals surface area contributed by atoms with Gasteiger partial charge in [-0.3, -0.25) is 19.7 Å². The fraction of sp³-hybridized carbons (Fsp3) is 0.158. The second kappa shape index (κ2) is 8.57. The maximum absolute atomic E-state index is 12.0. The van der Waals surface area contributed by atoms with Gasteiger partial charge < -0.3 is 10.6 Å². The monoisotopic (exact) mass is 353 g/mol. The Kier molecular flexibility index (Phi) is 6.21. The summed E-state index contributed by atoms with van der Waals surface area (Å²) in [6.07, 6.45) is 2.80. The number of hydrogen-bond donors (Lipinski definition) is 2. The number of non-ortho nitro benzene ring substituents is 1. The van der Waals surface area contributed by atoms with Crippen molar-refractivity contribution in [2.45, 2.75) is 13.8 Å². The summed E-state index contributed by atoms with van der Waals surface area (Å²) in [7, 11) is 0. The molecule has 2 amide bonds. The first-order valence-electron chi connectivity index (χ1n) is 7.99. The molecule has 0 saturated carbocycles. The van der Waals surface area contributed by atoms with Crippen molar-refractivity contribution in [3.63, 3.8) is 0 Å². The third-order valence-corrected chi connectivity index (χ3v) is 3.45. The molecule has 0 fully saturated rings. The molecule has 2 aromatic rings. The van der Waals surface area contributed by atoms with Gasteiger partial charge in [0.05, 0.1) is 4.92 Å². The van der Waals surface area contributed by atoms with Crippen LogP contribution in [0.3, 0.4) is 0 Å². The molecule has 0 saturated heterocycles. The molecule has 0 heterocycles. The van der Waals surface area contributed by atoms with Gasteiger partial charge in [0.15, 0.2) is 0 Å². The van der Waals surface area contributed by atoms with E-state index in [0.29, 0.717) is 16.9 Å². The number of amides is 2. The van der Waals surface area contributed by atoms with Crippen molar-refractivity contribution in [1.82, 2.24) is 0 Å². The molecule has 134 valence electrons. The number of nitrogens with one attached hydrogen (secondary N) is 2. The van der Waals surface area contributed by atoms with E-state index < -0.39 is 4.92 Å². The standard InChI is InChI=1S/C19H19N3O4/c1-13(2)19(24)21-16-9-7-15(8-10-16)20-18(23)11-6-14-4-3-5-17(12-14)22(25)26/h3-13H,1-2H3,(H,20,23)(H,21,24). The van der Waals surface area contributed by atoms with Crippen molar-refractivity contribution in [2.75, 3.05) is 10.6 Å². The molecule has 26 heavy (non-hydrogen) atoms. The van der Waals surface area contributed by atoms with E-state index in [2.05, 4.69) is 10.6 Å². The van der Waals surface area contributed by atoms with E-state index in [9.17, 15) is 19.7 Å². The Morgan fingerprint density at radius 1 is 1.04 bits per heavy atom. The Labute approximate surface area is 150 Å². The van der Waals surface area contributed by atoms with Gasteiger partial charge in [0.2, 0.25) is 11.8 Å². The molecule has 7 heteroatoms. The van der Waals surface area contributed by atoms with Crippen LogP contribution in [0.25, 0.3) is 6.08 Å². The Balaban J connectivity index is 1.96. The number of benzene rings is 2. The van der Waals surface area contributed by atoms with E-state index in [0.717, 1.165) is 0 Å². The fourth-order valence-corrected chi connectivity index (χ4v) is 2.02. The summed E-state index contributed by atoms with van der Waals surface area (Å²) in [4.78, 5) is 33.8. The summed E-state index contributed by atoms with van der Waals surface area (Å²) in [5.41, 5.74) is 1.74. The van der Waals surface area contributed by atoms with Crippen LogP contribution in [-0.4, -0.2) is 16.7 Å². The number of carbonyl (C=O) groups is 2. The lowest BCUT2D eigenvalue weighted by atomic mass is 10.2. The van der Waals surface area contributed by atoms with Crippen LogP contribution in [0, 0.1) is 16.0 Å². The lowest BCUT2D eigenvalue weighted by Gasteiger charge is -2.08. The van der Waals surface area contributed by atoms with Gasteiger partial charge in [-0.05, 0) is 35.9 Å². The highest BCUT2D eigenvalue weighted by atomic mass is 16.6. The molecule has 0 aromatic heterocycles. The SMILES string of the molecule is CC(C)C(=O)Nc1ccc(NC(=O)C=Cc2cccc([N+](=O)[O-])c2)cc1. The number of nitro groups is 1. The van der Waals surface area contributed by atoms with Crippen LogP contribution >= 0.6 is 0 Å². The highest BCUT2D eigenvalue weighted by Crippen LogP contribution is 2.16. The van der Waals surface area contributed by atoms with Gasteiger partial charge in [-0.2, -0.15) is 0 Å². The summed E-state index contributed by atoms with van der Waals surface area (Å²) < 4.78 is 0. The van der Waals surface area contributed by atoms with Crippen LogP contribution in [0.1, 0.15) is 19.4 Å². The second-order valence-electron chi connectivity index (χ2n) is 5.90. The average Bonchev–Trinajstić information content (AvgIpc) is 2.61. The van der Waals surface area contributed by atoms with Crippen molar-refractivity contribution in [2.24, 2.45) is 5.92 Å². The number of rotatable bonds is 6. The van der Waals surface area contributed by atoms with Crippen molar-refractivity contribution < 1.29 is 14.5 Å². The average molecular weight is 353 g/mol. The molecule has 0 aliphatic rings. The summed E-state index contributed by atoms with van der Waals surface area (Å²) in [5.74, 6) is -0.564. The molecular formula is C19H19N3O4. The van der Waals surface area contributed by atoms with E-state index >= 15 is 0 Å². The van der Waals surface area contributed by atoms with Crippen LogP contribution in [0.5, 0.6) is 0 Å². The first kappa shape index (κ1) is 18.9. The highest BCUT2D eigenvalue weighted by molar-refractivity contribution is 6.02. The smallest absolute Gasteiger partial charge is 0.270 e. The zero-order valence-corrected chi connectivity index (χ0v) is 14.4. The lowest BCUT2D eigenvalue weighted by molar-refractivity contribution is -0.384. The highest BCUT2D eigenvalue weighted by Gasteiger charge is 2.07. The molecule has 7 nitrogen and oxygen atoms in total. The summed E-state index contributed by atoms with van der Waals surface area (Å²) in [5, 5.41) is 16.2. The molecule has 0 atom stereocenters. The maximum Gasteiger partial charge on any atom is 0.270 e. The Morgan fingerprint density at radius 2 is 1.65 bits per heavy atom. The number of hydrogen-bond acceptors (Lipinski definition) is 4. The molecule has 0 bridgehead atoms. The zero-order chi connectivity index (χ0) is 19.1. The molecule has 2 rings (SSSR count). The minimum absolute atomic E-state index is 0.0356. The Morgan fingerprint density at radius 3 is 2.23 bits per heavy atom. The minimum atomic E-state index is -0.489. The van der Waals surface area contributed by atoms with Gasteiger partial charge in [0.25, 0.3) is 5.69 Å². The summed E-state index contributed by atoms with van der Waals surface area (Å²) in [6.45, 7) is 3.61. The van der Waals surface area contributed by atoms with E-state index in [1.165, 1.54) is 24.3 Å². The van der Waals surface area contributed by atoms with Gasteiger partial charge in [0, 0.05) is 35.5 Å². The van der Waals surface area contributed by atoms with Gasteiger partial charge >= 0.3 is 0 Å². The van der Waals surface area contributed by atoms with Crippen molar-refractivity contribution in [3.05, 3.63) is 70.3 Å². The van der Waals surface area contributed by atoms with E-state index in [-0.39, 0.29) is 23.4 Å². The van der Waals surface area contributed by atoms with E-state index in [4.69, 9.17) is 0 Å². The van der Waals surface area contributed by atoms with E-state index in [1.807, 2.05) is 0 Å². The minimum Gasteiger partial charge on any atom is -0.326 e. The Bertz CT molecular complexity index is 842. The second-order valence-corrected chi connectivity index (χ2v) is 5.90. The van der Waals surface area contributed by atoms with Gasteiger partial charge in [0.1, 0.15) is 0 Å². The Hall–Kier alpha value is -3.48.